The van der Waals surface area contributed by atoms with Crippen molar-refractivity contribution in [3.8, 4) is 0 Å². The van der Waals surface area contributed by atoms with Crippen molar-refractivity contribution in [2.24, 2.45) is 0 Å². The summed E-state index contributed by atoms with van der Waals surface area (Å²) in [4.78, 5) is 27.5. The van der Waals surface area contributed by atoms with Crippen molar-refractivity contribution < 1.29 is 42.1 Å². The van der Waals surface area contributed by atoms with E-state index >= 15 is 0 Å². The van der Waals surface area contributed by atoms with Crippen LogP contribution in [0, 0.1) is 45.0 Å². The fourth-order valence-electron chi connectivity index (χ4n) is 2.02. The predicted octanol–water partition coefficient (Wildman–Crippen LogP) is 0.471. The average molecular weight is 507 g/mol. The van der Waals surface area contributed by atoms with Gasteiger partial charge < -0.3 is 24.1 Å². The zero-order chi connectivity index (χ0) is 15.4. The number of carbonyl (C=O) groups excluding carboxylic acids is 2. The standard InChI is InChI=1S/C14H25N3O2.U/c1-6-12-8-7-9-17(12)14(19)10(2)15-13(18)11(3)16(4)5;/h10-12H,1-2,6-9H2,3-5H3,(H,15,18);/q-2;+2/t10-,11-,12-;/m0./s1/i9T;/t9-,10+,11+,12+;/m1.. The first kappa shape index (κ1) is 18.0. The minimum atomic E-state index is -0.857. The number of carbonyl (C=O) groups is 2. The summed E-state index contributed by atoms with van der Waals surface area (Å²) < 4.78 is 7.91. The SMILES string of the molecule is [3H][C@@H]1CC[C@H](C[CH2-])N1C(=O)[C@H]([CH2-])NC(=O)[C@H](C)N(C)C.[U+2]. The molecule has 1 fully saturated rings. The van der Waals surface area contributed by atoms with E-state index in [1.807, 2.05) is 0 Å². The molecule has 0 saturated carbocycles. The van der Waals surface area contributed by atoms with Crippen LogP contribution in [0.4, 0.5) is 0 Å². The normalized spacial score (nSPS) is 25.7. The number of hydrogen-bond donors (Lipinski definition) is 1. The molecule has 0 radical (unpaired) electrons. The maximum Gasteiger partial charge on any atom is 2.00 e. The van der Waals surface area contributed by atoms with Crippen LogP contribution in [0.3, 0.4) is 0 Å². The summed E-state index contributed by atoms with van der Waals surface area (Å²) >= 11 is 0. The van der Waals surface area contributed by atoms with Crippen LogP contribution < -0.4 is 5.32 Å². The van der Waals surface area contributed by atoms with E-state index in [9.17, 15) is 9.59 Å². The van der Waals surface area contributed by atoms with Gasteiger partial charge in [-0.1, -0.05) is 0 Å². The second kappa shape index (κ2) is 9.07. The van der Waals surface area contributed by atoms with Crippen molar-refractivity contribution in [3.63, 3.8) is 0 Å². The number of likely N-dealkylation sites (tertiary alicyclic amines) is 1. The van der Waals surface area contributed by atoms with Gasteiger partial charge in [-0.25, -0.2) is 0 Å². The van der Waals surface area contributed by atoms with E-state index in [0.29, 0.717) is 12.8 Å². The molecule has 20 heavy (non-hydrogen) atoms. The summed E-state index contributed by atoms with van der Waals surface area (Å²) in [5.41, 5.74) is 0. The van der Waals surface area contributed by atoms with E-state index in [4.69, 9.17) is 1.37 Å². The van der Waals surface area contributed by atoms with Gasteiger partial charge in [0.15, 0.2) is 0 Å². The van der Waals surface area contributed by atoms with E-state index in [-0.39, 0.29) is 55.0 Å². The van der Waals surface area contributed by atoms with E-state index in [0.717, 1.165) is 6.42 Å². The molecule has 112 valence electrons. The Kier molecular flexibility index (Phi) is 8.16. The first-order valence-electron chi connectivity index (χ1n) is 7.20. The first-order chi connectivity index (χ1) is 9.29. The molecule has 1 aliphatic heterocycles. The smallest absolute Gasteiger partial charge is 0.373 e. The fraction of sp³-hybridized carbons (Fsp3) is 0.714. The summed E-state index contributed by atoms with van der Waals surface area (Å²) in [5.74, 6) is -0.536. The molecule has 1 heterocycles. The van der Waals surface area contributed by atoms with Gasteiger partial charge in [-0.2, -0.15) is 6.42 Å². The van der Waals surface area contributed by atoms with Crippen molar-refractivity contribution in [2.75, 3.05) is 20.6 Å². The largest absolute Gasteiger partial charge is 2.00 e. The molecule has 1 rings (SSSR count). The molecule has 6 heteroatoms. The van der Waals surface area contributed by atoms with E-state index in [1.165, 1.54) is 4.90 Å². The van der Waals surface area contributed by atoms with Crippen LogP contribution in [-0.4, -0.2) is 60.4 Å². The predicted molar refractivity (Wildman–Crippen MR) is 75.1 cm³/mol. The van der Waals surface area contributed by atoms with Crippen LogP contribution in [0.2, 0.25) is 0 Å². The molecule has 1 aliphatic rings. The molecule has 0 aromatic rings. The van der Waals surface area contributed by atoms with Crippen LogP contribution in [0.25, 0.3) is 0 Å². The molecule has 2 amide bonds. The Labute approximate surface area is 147 Å². The monoisotopic (exact) mass is 507 g/mol. The Morgan fingerprint density at radius 2 is 2.15 bits per heavy atom. The Morgan fingerprint density at radius 3 is 2.65 bits per heavy atom. The van der Waals surface area contributed by atoms with Crippen LogP contribution >= 0.6 is 0 Å². The van der Waals surface area contributed by atoms with Crippen molar-refractivity contribution in [3.05, 3.63) is 13.8 Å². The Balaban J connectivity index is 0.00000400. The van der Waals surface area contributed by atoms with Crippen molar-refractivity contribution in [1.82, 2.24) is 15.1 Å². The average Bonchev–Trinajstić information content (AvgIpc) is 2.77. The van der Waals surface area contributed by atoms with Crippen molar-refractivity contribution in [2.45, 2.75) is 44.3 Å². The Morgan fingerprint density at radius 1 is 1.55 bits per heavy atom. The molecule has 0 aromatic carbocycles. The zero-order valence-electron chi connectivity index (χ0n) is 13.6. The topological polar surface area (TPSA) is 52.7 Å². The van der Waals surface area contributed by atoms with Gasteiger partial charge in [0.1, 0.15) is 0 Å². The molecule has 0 aromatic heterocycles. The molecule has 0 unspecified atom stereocenters. The molecular weight excluding hydrogens is 480 g/mol. The molecule has 5 nitrogen and oxygen atoms in total. The summed E-state index contributed by atoms with van der Waals surface area (Å²) in [5, 5.41) is 2.62. The second-order valence-corrected chi connectivity index (χ2v) is 5.15. The maximum absolute atomic E-state index is 12.3. The van der Waals surface area contributed by atoms with Crippen LogP contribution in [0.15, 0.2) is 0 Å². The Hall–Kier alpha value is -0.0481. The van der Waals surface area contributed by atoms with Gasteiger partial charge in [0.05, 0.1) is 6.04 Å². The first-order valence-corrected chi connectivity index (χ1v) is 6.63. The summed E-state index contributed by atoms with van der Waals surface area (Å²) in [6.07, 6.45) is 2.02. The molecule has 0 bridgehead atoms. The molecular formula is C14H25N3O2U. The number of rotatable bonds is 5. The van der Waals surface area contributed by atoms with Gasteiger partial charge in [0.25, 0.3) is 0 Å². The third-order valence-electron chi connectivity index (χ3n) is 3.58. The number of nitrogens with zero attached hydrogens (tertiary/aromatic N) is 2. The van der Waals surface area contributed by atoms with E-state index < -0.39 is 12.6 Å². The van der Waals surface area contributed by atoms with Gasteiger partial charge >= 0.3 is 31.1 Å². The van der Waals surface area contributed by atoms with Gasteiger partial charge in [-0.05, 0) is 39.9 Å². The fourth-order valence-corrected chi connectivity index (χ4v) is 2.02. The molecule has 0 aliphatic carbocycles. The number of likely N-dealkylation sites (N-methyl/N-ethyl adjacent to an activating group) is 1. The Bertz CT molecular complexity index is 368. The van der Waals surface area contributed by atoms with Gasteiger partial charge in [-0.3, -0.25) is 14.5 Å². The molecule has 0 spiro atoms. The third-order valence-corrected chi connectivity index (χ3v) is 3.58. The third kappa shape index (κ3) is 5.05. The van der Waals surface area contributed by atoms with E-state index in [2.05, 4.69) is 19.2 Å². The molecule has 4 atom stereocenters. The van der Waals surface area contributed by atoms with Crippen LogP contribution in [-0.2, 0) is 9.59 Å². The summed E-state index contributed by atoms with van der Waals surface area (Å²) in [7, 11) is 3.59. The molecule has 1 N–H and O–H groups in total. The van der Waals surface area contributed by atoms with E-state index in [1.54, 1.807) is 25.9 Å². The summed E-state index contributed by atoms with van der Waals surface area (Å²) in [6.45, 7) is 8.74. The number of nitrogens with one attached hydrogen (secondary N) is 1. The van der Waals surface area contributed by atoms with Gasteiger partial charge in [0, 0.05) is 13.9 Å². The second-order valence-electron chi connectivity index (χ2n) is 5.15. The van der Waals surface area contributed by atoms with Gasteiger partial charge in [-0.15, -0.1) is 0 Å². The van der Waals surface area contributed by atoms with Crippen molar-refractivity contribution in [1.29, 1.82) is 0 Å². The summed E-state index contributed by atoms with van der Waals surface area (Å²) in [6, 6.07) is -1.21. The molecule has 1 saturated heterocycles. The quantitative estimate of drug-likeness (QED) is 0.551. The number of amides is 2. The minimum absolute atomic E-state index is 0. The number of hydrogen-bond acceptors (Lipinski definition) is 3. The van der Waals surface area contributed by atoms with Gasteiger partial charge in [0.2, 0.25) is 11.8 Å². The minimum Gasteiger partial charge on any atom is -0.373 e. The van der Waals surface area contributed by atoms with Crippen LogP contribution in [0.1, 0.15) is 27.6 Å². The maximum atomic E-state index is 12.3. The zero-order valence-corrected chi connectivity index (χ0v) is 16.7. The van der Waals surface area contributed by atoms with Crippen molar-refractivity contribution >= 4 is 11.8 Å². The van der Waals surface area contributed by atoms with Crippen LogP contribution in [0.5, 0.6) is 0 Å².